The third-order valence-electron chi connectivity index (χ3n) is 10.4. The van der Waals surface area contributed by atoms with Crippen molar-refractivity contribution in [2.24, 2.45) is 23.2 Å². The van der Waals surface area contributed by atoms with E-state index in [0.717, 1.165) is 43.3 Å². The summed E-state index contributed by atoms with van der Waals surface area (Å²) in [4.78, 5) is 16.5. The Hall–Kier alpha value is -2.95. The second kappa shape index (κ2) is 7.77. The van der Waals surface area contributed by atoms with Crippen molar-refractivity contribution in [3.63, 3.8) is 0 Å². The second-order valence-electron chi connectivity index (χ2n) is 12.2. The number of esters is 1. The topological polar surface area (TPSA) is 56.5 Å². The van der Waals surface area contributed by atoms with E-state index in [1.807, 2.05) is 6.20 Å². The van der Waals surface area contributed by atoms with E-state index in [0.29, 0.717) is 17.8 Å². The predicted octanol–water partition coefficient (Wildman–Crippen LogP) is 6.30. The van der Waals surface area contributed by atoms with Crippen molar-refractivity contribution < 1.29 is 9.53 Å². The minimum atomic E-state index is -0.149. The Labute approximate surface area is 213 Å². The first-order chi connectivity index (χ1) is 17.4. The van der Waals surface area contributed by atoms with Crippen molar-refractivity contribution in [3.8, 4) is 11.1 Å². The number of hydrogen-bond acceptors (Lipinski definition) is 4. The number of carbonyl (C=O) groups excluding carboxylic acids is 1. The van der Waals surface area contributed by atoms with E-state index < -0.39 is 0 Å². The first-order valence-corrected chi connectivity index (χ1v) is 13.7. The molecule has 5 nitrogen and oxygen atoms in total. The zero-order valence-corrected chi connectivity index (χ0v) is 21.5. The summed E-state index contributed by atoms with van der Waals surface area (Å²) in [6.07, 6.45) is 14.4. The van der Waals surface area contributed by atoms with E-state index in [4.69, 9.17) is 14.8 Å². The molecule has 7 rings (SSSR count). The molecular weight excluding hydrogens is 446 g/mol. The molecule has 0 radical (unpaired) electrons. The van der Waals surface area contributed by atoms with Gasteiger partial charge in [-0.1, -0.05) is 55.8 Å². The van der Waals surface area contributed by atoms with Gasteiger partial charge < -0.3 is 4.74 Å². The molecule has 1 aromatic carbocycles. The highest BCUT2D eigenvalue weighted by atomic mass is 16.5. The number of rotatable bonds is 2. The summed E-state index contributed by atoms with van der Waals surface area (Å²) in [5.74, 6) is 1.84. The number of allylic oxidation sites excluding steroid dienone is 1. The van der Waals surface area contributed by atoms with Crippen LogP contribution in [0, 0.1) is 23.2 Å². The van der Waals surface area contributed by atoms with Gasteiger partial charge in [-0.25, -0.2) is 9.50 Å². The fourth-order valence-electron chi connectivity index (χ4n) is 8.74. The SMILES string of the molecule is CC(=O)O[C@H]1CC[C@@]2(C)C(=CC[C@@H]3[C@@H]2CC[C@]2(C)c4c(cnc5c(-c6ccccc6)cnn45)C[C@@H]32)C1. The molecule has 3 aromatic rings. The summed E-state index contributed by atoms with van der Waals surface area (Å²) < 4.78 is 7.80. The van der Waals surface area contributed by atoms with E-state index in [9.17, 15) is 4.79 Å². The maximum absolute atomic E-state index is 11.6. The van der Waals surface area contributed by atoms with Crippen molar-refractivity contribution in [1.29, 1.82) is 0 Å². The van der Waals surface area contributed by atoms with Crippen LogP contribution in [0.15, 0.2) is 54.4 Å². The standard InChI is InChI=1S/C31H35N3O2/c1-19(35)36-23-11-13-30(2)22(16-23)9-10-24-26(30)12-14-31(3)27(24)15-21-17-32-29-25(18-33-34(29)28(21)31)20-7-5-4-6-8-20/h4-9,17-18,23-24,26-27H,10-16H2,1-3H3/t23-,24+,26-,27-,30-,31-/m0/s1. The van der Waals surface area contributed by atoms with Gasteiger partial charge >= 0.3 is 5.97 Å². The van der Waals surface area contributed by atoms with Crippen molar-refractivity contribution in [2.75, 3.05) is 0 Å². The largest absolute Gasteiger partial charge is 0.462 e. The molecule has 0 amide bonds. The zero-order chi connectivity index (χ0) is 24.7. The molecule has 2 heterocycles. The molecule has 2 saturated carbocycles. The molecular formula is C31H35N3O2. The van der Waals surface area contributed by atoms with Gasteiger partial charge in [0.1, 0.15) is 6.10 Å². The smallest absolute Gasteiger partial charge is 0.302 e. The van der Waals surface area contributed by atoms with E-state index in [1.165, 1.54) is 36.6 Å². The van der Waals surface area contributed by atoms with Gasteiger partial charge in [-0.05, 0) is 72.8 Å². The molecule has 0 saturated heterocycles. The Morgan fingerprint density at radius 2 is 1.83 bits per heavy atom. The lowest BCUT2D eigenvalue weighted by Gasteiger charge is -2.57. The summed E-state index contributed by atoms with van der Waals surface area (Å²) in [5, 5.41) is 4.92. The molecule has 4 aliphatic carbocycles. The lowest BCUT2D eigenvalue weighted by molar-refractivity contribution is -0.148. The fraction of sp³-hybridized carbons (Fsp3) is 0.516. The number of aromatic nitrogens is 3. The highest BCUT2D eigenvalue weighted by Crippen LogP contribution is 2.64. The Bertz CT molecular complexity index is 1390. The van der Waals surface area contributed by atoms with Crippen molar-refractivity contribution in [3.05, 3.63) is 65.6 Å². The third-order valence-corrected chi connectivity index (χ3v) is 10.4. The Kier molecular flexibility index (Phi) is 4.81. The van der Waals surface area contributed by atoms with E-state index in [2.05, 4.69) is 61.0 Å². The van der Waals surface area contributed by atoms with E-state index in [-0.39, 0.29) is 22.9 Å². The first-order valence-electron chi connectivity index (χ1n) is 13.7. The number of nitrogens with zero attached hydrogens (tertiary/aromatic N) is 3. The number of ether oxygens (including phenoxy) is 1. The number of fused-ring (bicyclic) bond motifs is 9. The number of hydrogen-bond donors (Lipinski definition) is 0. The van der Waals surface area contributed by atoms with Gasteiger partial charge in [0.05, 0.1) is 11.9 Å². The molecule has 186 valence electrons. The normalized spacial score (nSPS) is 34.8. The molecule has 2 fully saturated rings. The molecule has 0 bridgehead atoms. The molecule has 36 heavy (non-hydrogen) atoms. The zero-order valence-electron chi connectivity index (χ0n) is 21.5. The molecule has 0 unspecified atom stereocenters. The summed E-state index contributed by atoms with van der Waals surface area (Å²) in [6, 6.07) is 10.5. The van der Waals surface area contributed by atoms with Crippen molar-refractivity contribution in [1.82, 2.24) is 14.6 Å². The number of carbonyl (C=O) groups is 1. The van der Waals surface area contributed by atoms with E-state index >= 15 is 0 Å². The van der Waals surface area contributed by atoms with Crippen LogP contribution in [0.25, 0.3) is 16.8 Å². The van der Waals surface area contributed by atoms with Gasteiger partial charge in [-0.2, -0.15) is 5.10 Å². The average Bonchev–Trinajstić information content (AvgIpc) is 3.43. The van der Waals surface area contributed by atoms with Gasteiger partial charge in [0.2, 0.25) is 0 Å². The van der Waals surface area contributed by atoms with Crippen LogP contribution in [0.4, 0.5) is 0 Å². The van der Waals surface area contributed by atoms with Gasteiger partial charge in [0.15, 0.2) is 5.65 Å². The molecule has 6 atom stereocenters. The lowest BCUT2D eigenvalue weighted by Crippen LogP contribution is -2.51. The van der Waals surface area contributed by atoms with Crippen LogP contribution in [0.2, 0.25) is 0 Å². The maximum atomic E-state index is 11.6. The number of benzene rings is 1. The summed E-state index contributed by atoms with van der Waals surface area (Å²) in [6.45, 7) is 6.54. The average molecular weight is 482 g/mol. The molecule has 0 aliphatic heterocycles. The van der Waals surface area contributed by atoms with Crippen LogP contribution >= 0.6 is 0 Å². The second-order valence-corrected chi connectivity index (χ2v) is 12.2. The van der Waals surface area contributed by atoms with Crippen LogP contribution in [0.3, 0.4) is 0 Å². The van der Waals surface area contributed by atoms with Crippen molar-refractivity contribution in [2.45, 2.75) is 77.2 Å². The Morgan fingerprint density at radius 3 is 2.64 bits per heavy atom. The highest BCUT2D eigenvalue weighted by Gasteiger charge is 2.58. The summed E-state index contributed by atoms with van der Waals surface area (Å²) in [5.41, 5.74) is 7.94. The molecule has 0 spiro atoms. The molecule has 0 N–H and O–H groups in total. The lowest BCUT2D eigenvalue weighted by atomic mass is 9.48. The van der Waals surface area contributed by atoms with Crippen LogP contribution in [-0.2, 0) is 21.4 Å². The van der Waals surface area contributed by atoms with Crippen LogP contribution in [0.5, 0.6) is 0 Å². The minimum absolute atomic E-state index is 0.0564. The van der Waals surface area contributed by atoms with Gasteiger partial charge in [-0.15, -0.1) is 0 Å². The summed E-state index contributed by atoms with van der Waals surface area (Å²) >= 11 is 0. The van der Waals surface area contributed by atoms with Gasteiger partial charge in [0, 0.05) is 30.5 Å². The van der Waals surface area contributed by atoms with Crippen LogP contribution in [0.1, 0.15) is 70.6 Å². The minimum Gasteiger partial charge on any atom is -0.462 e. The molecule has 2 aromatic heterocycles. The third kappa shape index (κ3) is 3.04. The van der Waals surface area contributed by atoms with E-state index in [1.54, 1.807) is 5.57 Å². The summed E-state index contributed by atoms with van der Waals surface area (Å²) in [7, 11) is 0. The molecule has 5 heteroatoms. The quantitative estimate of drug-likeness (QED) is 0.318. The van der Waals surface area contributed by atoms with Gasteiger partial charge in [0.25, 0.3) is 0 Å². The Morgan fingerprint density at radius 1 is 1.03 bits per heavy atom. The van der Waals surface area contributed by atoms with Gasteiger partial charge in [-0.3, -0.25) is 4.79 Å². The monoisotopic (exact) mass is 481 g/mol. The van der Waals surface area contributed by atoms with Crippen LogP contribution in [-0.4, -0.2) is 26.7 Å². The first kappa shape index (κ1) is 22.3. The van der Waals surface area contributed by atoms with Crippen LogP contribution < -0.4 is 0 Å². The fourth-order valence-corrected chi connectivity index (χ4v) is 8.74. The molecule has 4 aliphatic rings. The van der Waals surface area contributed by atoms with Crippen molar-refractivity contribution >= 4 is 11.6 Å². The predicted molar refractivity (Wildman–Crippen MR) is 139 cm³/mol. The Balaban J connectivity index is 1.24. The maximum Gasteiger partial charge on any atom is 0.302 e. The highest BCUT2D eigenvalue weighted by molar-refractivity contribution is 5.77.